The first-order valence-electron chi connectivity index (χ1n) is 7.35. The van der Waals surface area contributed by atoms with Crippen molar-refractivity contribution in [1.82, 2.24) is 15.2 Å². The summed E-state index contributed by atoms with van der Waals surface area (Å²) in [7, 11) is 0. The second-order valence-electron chi connectivity index (χ2n) is 5.08. The van der Waals surface area contributed by atoms with Crippen LogP contribution >= 0.6 is 0 Å². The number of para-hydroxylation sites is 1. The van der Waals surface area contributed by atoms with Crippen LogP contribution in [0, 0.1) is 11.3 Å². The maximum absolute atomic E-state index is 12.1. The van der Waals surface area contributed by atoms with E-state index in [9.17, 15) is 9.90 Å². The lowest BCUT2D eigenvalue weighted by Gasteiger charge is -1.99. The lowest BCUT2D eigenvalue weighted by molar-refractivity contribution is 0.0947. The van der Waals surface area contributed by atoms with Crippen LogP contribution in [0.2, 0.25) is 0 Å². The van der Waals surface area contributed by atoms with Gasteiger partial charge in [0.25, 0.3) is 5.91 Å². The van der Waals surface area contributed by atoms with E-state index >= 15 is 0 Å². The summed E-state index contributed by atoms with van der Waals surface area (Å²) in [5.74, 6) is -0.869. The molecule has 1 heterocycles. The lowest BCUT2D eigenvalue weighted by atomic mass is 10.2. The zero-order valence-electron chi connectivity index (χ0n) is 13.0. The summed E-state index contributed by atoms with van der Waals surface area (Å²) >= 11 is 0. The second-order valence-corrected chi connectivity index (χ2v) is 5.08. The van der Waals surface area contributed by atoms with E-state index in [1.165, 1.54) is 17.1 Å². The molecule has 3 aromatic rings. The SMILES string of the molecule is N#Cc1ccc(C=NNC(=O)c2nn(-c3ccccc3)cc2O)cc1. The molecule has 25 heavy (non-hydrogen) atoms. The van der Waals surface area contributed by atoms with Crippen molar-refractivity contribution in [2.75, 3.05) is 0 Å². The Morgan fingerprint density at radius 3 is 2.60 bits per heavy atom. The molecule has 7 nitrogen and oxygen atoms in total. The first kappa shape index (κ1) is 16.0. The van der Waals surface area contributed by atoms with Gasteiger partial charge in [-0.15, -0.1) is 0 Å². The van der Waals surface area contributed by atoms with Gasteiger partial charge in [0.1, 0.15) is 0 Å². The van der Waals surface area contributed by atoms with Gasteiger partial charge in [0.2, 0.25) is 0 Å². The molecule has 0 fully saturated rings. The van der Waals surface area contributed by atoms with Crippen molar-refractivity contribution < 1.29 is 9.90 Å². The number of rotatable bonds is 4. The molecular formula is C18H13N5O2. The quantitative estimate of drug-likeness (QED) is 0.565. The van der Waals surface area contributed by atoms with Crippen LogP contribution in [0.25, 0.3) is 5.69 Å². The molecule has 0 saturated carbocycles. The predicted octanol–water partition coefficient (Wildman–Crippen LogP) is 2.21. The Labute approximate surface area is 143 Å². The van der Waals surface area contributed by atoms with Crippen molar-refractivity contribution in [1.29, 1.82) is 5.26 Å². The molecular weight excluding hydrogens is 318 g/mol. The normalized spacial score (nSPS) is 10.5. The van der Waals surface area contributed by atoms with Crippen LogP contribution in [0.4, 0.5) is 0 Å². The van der Waals surface area contributed by atoms with Crippen molar-refractivity contribution in [2.24, 2.45) is 5.10 Å². The van der Waals surface area contributed by atoms with Crippen molar-refractivity contribution in [3.05, 3.63) is 77.6 Å². The molecule has 0 spiro atoms. The highest BCUT2D eigenvalue weighted by Crippen LogP contribution is 2.17. The summed E-state index contributed by atoms with van der Waals surface area (Å²) in [5.41, 5.74) is 4.17. The van der Waals surface area contributed by atoms with Crippen molar-refractivity contribution in [3.8, 4) is 17.5 Å². The molecule has 3 rings (SSSR count). The summed E-state index contributed by atoms with van der Waals surface area (Å²) in [5, 5.41) is 26.6. The van der Waals surface area contributed by atoms with E-state index in [-0.39, 0.29) is 11.4 Å². The molecule has 0 aliphatic carbocycles. The first-order chi connectivity index (χ1) is 12.2. The van der Waals surface area contributed by atoms with Gasteiger partial charge < -0.3 is 5.11 Å². The topological polar surface area (TPSA) is 103 Å². The Hall–Kier alpha value is -3.92. The fourth-order valence-electron chi connectivity index (χ4n) is 2.10. The number of carbonyl (C=O) groups is 1. The number of hydrogen-bond donors (Lipinski definition) is 2. The van der Waals surface area contributed by atoms with Crippen LogP contribution in [-0.4, -0.2) is 27.0 Å². The highest BCUT2D eigenvalue weighted by molar-refractivity contribution is 5.95. The average Bonchev–Trinajstić information content (AvgIpc) is 3.05. The standard InChI is InChI=1S/C18H13N5O2/c19-10-13-6-8-14(9-7-13)11-20-21-18(25)17-16(24)12-23(22-17)15-4-2-1-3-5-15/h1-9,11-12,24H,(H,21,25). The first-order valence-corrected chi connectivity index (χ1v) is 7.35. The fraction of sp³-hybridized carbons (Fsp3) is 0. The zero-order chi connectivity index (χ0) is 17.6. The molecule has 0 aliphatic heterocycles. The number of aromatic hydroxyl groups is 1. The average molecular weight is 331 g/mol. The molecule has 0 atom stereocenters. The number of benzene rings is 2. The summed E-state index contributed by atoms with van der Waals surface area (Å²) in [6.45, 7) is 0. The maximum atomic E-state index is 12.1. The summed E-state index contributed by atoms with van der Waals surface area (Å²) in [6, 6.07) is 17.8. The van der Waals surface area contributed by atoms with E-state index in [2.05, 4.69) is 15.6 Å². The molecule has 2 aromatic carbocycles. The summed E-state index contributed by atoms with van der Waals surface area (Å²) in [6.07, 6.45) is 2.79. The molecule has 1 amide bonds. The number of carbonyl (C=O) groups excluding carboxylic acids is 1. The highest BCUT2D eigenvalue weighted by Gasteiger charge is 2.16. The van der Waals surface area contributed by atoms with E-state index < -0.39 is 5.91 Å². The minimum Gasteiger partial charge on any atom is -0.504 e. The molecule has 0 unspecified atom stereocenters. The Kier molecular flexibility index (Phi) is 4.53. The van der Waals surface area contributed by atoms with Gasteiger partial charge in [0.15, 0.2) is 11.4 Å². The van der Waals surface area contributed by atoms with Gasteiger partial charge in [-0.05, 0) is 29.8 Å². The van der Waals surface area contributed by atoms with Gasteiger partial charge in [-0.1, -0.05) is 30.3 Å². The summed E-state index contributed by atoms with van der Waals surface area (Å²) in [4.78, 5) is 12.1. The van der Waals surface area contributed by atoms with Crippen molar-refractivity contribution >= 4 is 12.1 Å². The largest absolute Gasteiger partial charge is 0.504 e. The summed E-state index contributed by atoms with van der Waals surface area (Å²) < 4.78 is 1.41. The number of hydrazone groups is 1. The zero-order valence-corrected chi connectivity index (χ0v) is 13.0. The molecule has 0 bridgehead atoms. The van der Waals surface area contributed by atoms with Crippen LogP contribution in [-0.2, 0) is 0 Å². The van der Waals surface area contributed by atoms with Crippen LogP contribution < -0.4 is 5.43 Å². The van der Waals surface area contributed by atoms with Crippen LogP contribution in [0.15, 0.2) is 65.9 Å². The Morgan fingerprint density at radius 1 is 1.20 bits per heavy atom. The van der Waals surface area contributed by atoms with Gasteiger partial charge in [-0.25, -0.2) is 10.1 Å². The van der Waals surface area contributed by atoms with Gasteiger partial charge in [-0.2, -0.15) is 15.5 Å². The van der Waals surface area contributed by atoms with Gasteiger partial charge in [-0.3, -0.25) is 4.79 Å². The molecule has 7 heteroatoms. The highest BCUT2D eigenvalue weighted by atomic mass is 16.3. The van der Waals surface area contributed by atoms with Crippen LogP contribution in [0.1, 0.15) is 21.6 Å². The Bertz CT molecular complexity index is 953. The van der Waals surface area contributed by atoms with E-state index in [0.29, 0.717) is 5.56 Å². The molecule has 1 aromatic heterocycles. The predicted molar refractivity (Wildman–Crippen MR) is 91.4 cm³/mol. The molecule has 0 aliphatic rings. The minimum atomic E-state index is -0.628. The number of nitrogens with one attached hydrogen (secondary N) is 1. The lowest BCUT2D eigenvalue weighted by Crippen LogP contribution is -2.18. The van der Waals surface area contributed by atoms with E-state index in [1.807, 2.05) is 24.3 Å². The van der Waals surface area contributed by atoms with Gasteiger partial charge >= 0.3 is 0 Å². The second kappa shape index (κ2) is 7.10. The number of nitriles is 1. The van der Waals surface area contributed by atoms with E-state index in [0.717, 1.165) is 11.3 Å². The third-order valence-electron chi connectivity index (χ3n) is 3.35. The van der Waals surface area contributed by atoms with Gasteiger partial charge in [0.05, 0.1) is 29.7 Å². The van der Waals surface area contributed by atoms with Crippen LogP contribution in [0.3, 0.4) is 0 Å². The Balaban J connectivity index is 1.70. The molecule has 0 radical (unpaired) electrons. The third kappa shape index (κ3) is 3.71. The van der Waals surface area contributed by atoms with E-state index in [1.54, 1.807) is 36.4 Å². The molecule has 2 N–H and O–H groups in total. The Morgan fingerprint density at radius 2 is 1.92 bits per heavy atom. The molecule has 0 saturated heterocycles. The number of aromatic nitrogens is 2. The van der Waals surface area contributed by atoms with Crippen molar-refractivity contribution in [2.45, 2.75) is 0 Å². The number of nitrogens with zero attached hydrogens (tertiary/aromatic N) is 4. The van der Waals surface area contributed by atoms with Crippen LogP contribution in [0.5, 0.6) is 5.75 Å². The van der Waals surface area contributed by atoms with E-state index in [4.69, 9.17) is 5.26 Å². The monoisotopic (exact) mass is 331 g/mol. The minimum absolute atomic E-state index is 0.124. The number of hydrogen-bond acceptors (Lipinski definition) is 5. The van der Waals surface area contributed by atoms with Crippen molar-refractivity contribution in [3.63, 3.8) is 0 Å². The smallest absolute Gasteiger partial charge is 0.295 e. The maximum Gasteiger partial charge on any atom is 0.295 e. The van der Waals surface area contributed by atoms with Gasteiger partial charge in [0, 0.05) is 0 Å². The molecule has 122 valence electrons. The third-order valence-corrected chi connectivity index (χ3v) is 3.35. The number of amides is 1. The fourth-order valence-corrected chi connectivity index (χ4v) is 2.10.